The molecule has 0 heterocycles. The molecule has 0 spiro atoms. The normalized spacial score (nSPS) is 16.5. The molecular weight excluding hydrogens is 145 g/mol. The Morgan fingerprint density at radius 1 is 1.64 bits per heavy atom. The summed E-state index contributed by atoms with van der Waals surface area (Å²) in [5.74, 6) is -0.387. The molecule has 0 saturated carbocycles. The van der Waals surface area contributed by atoms with E-state index in [0.29, 0.717) is 12.8 Å². The molecule has 0 aromatic rings. The number of hydrogen-bond donors (Lipinski definition) is 1. The Morgan fingerprint density at radius 2 is 2.45 bits per heavy atom. The van der Waals surface area contributed by atoms with Crippen LogP contribution in [0.5, 0.6) is 0 Å². The molecule has 2 nitrogen and oxygen atoms in total. The van der Waals surface area contributed by atoms with Crippen molar-refractivity contribution < 1.29 is 9.18 Å². The first-order valence-electron chi connectivity index (χ1n) is 3.27. The zero-order valence-corrected chi connectivity index (χ0v) is 5.88. The standard InChI is InChI=1S/C8H8FNO/c9-7-4-2-1-3-5-8(7)10-6-11/h1,3-6H,2H2,(H,10,11). The molecular formula is C8H8FNO. The van der Waals surface area contributed by atoms with E-state index in [-0.39, 0.29) is 11.5 Å². The monoisotopic (exact) mass is 153 g/mol. The fourth-order valence-electron chi connectivity index (χ4n) is 0.784. The molecule has 1 N–H and O–H groups in total. The summed E-state index contributed by atoms with van der Waals surface area (Å²) in [6.45, 7) is 0. The third kappa shape index (κ3) is 2.04. The van der Waals surface area contributed by atoms with Gasteiger partial charge in [-0.05, 0) is 18.6 Å². The molecule has 1 aliphatic rings. The minimum atomic E-state index is -0.387. The van der Waals surface area contributed by atoms with E-state index in [4.69, 9.17) is 0 Å². The molecule has 0 aromatic carbocycles. The summed E-state index contributed by atoms with van der Waals surface area (Å²) in [5, 5.41) is 2.26. The molecule has 1 aliphatic carbocycles. The minimum absolute atomic E-state index is 0.216. The first kappa shape index (κ1) is 7.72. The van der Waals surface area contributed by atoms with Crippen molar-refractivity contribution in [1.82, 2.24) is 5.32 Å². The van der Waals surface area contributed by atoms with Gasteiger partial charge in [0.15, 0.2) is 0 Å². The molecule has 0 unspecified atom stereocenters. The van der Waals surface area contributed by atoms with Crippen LogP contribution in [-0.2, 0) is 4.79 Å². The summed E-state index contributed by atoms with van der Waals surface area (Å²) < 4.78 is 12.8. The first-order chi connectivity index (χ1) is 5.34. The van der Waals surface area contributed by atoms with Gasteiger partial charge in [-0.3, -0.25) is 4.79 Å². The lowest BCUT2D eigenvalue weighted by atomic mass is 10.3. The predicted molar refractivity (Wildman–Crippen MR) is 40.2 cm³/mol. The number of nitrogens with one attached hydrogen (secondary N) is 1. The van der Waals surface area contributed by atoms with Gasteiger partial charge in [-0.15, -0.1) is 0 Å². The number of allylic oxidation sites excluding steroid dienone is 5. The molecule has 1 amide bonds. The van der Waals surface area contributed by atoms with Crippen molar-refractivity contribution >= 4 is 6.41 Å². The predicted octanol–water partition coefficient (Wildman–Crippen LogP) is 1.43. The second-order valence-electron chi connectivity index (χ2n) is 2.06. The summed E-state index contributed by atoms with van der Waals surface area (Å²) in [5.41, 5.74) is 0.216. The fourth-order valence-corrected chi connectivity index (χ4v) is 0.784. The summed E-state index contributed by atoms with van der Waals surface area (Å²) >= 11 is 0. The van der Waals surface area contributed by atoms with Crippen LogP contribution in [0.4, 0.5) is 4.39 Å². The average Bonchev–Trinajstić information content (AvgIpc) is 2.18. The van der Waals surface area contributed by atoms with E-state index in [1.54, 1.807) is 12.2 Å². The number of carbonyl (C=O) groups is 1. The zero-order valence-electron chi connectivity index (χ0n) is 5.88. The van der Waals surface area contributed by atoms with Crippen LogP contribution in [0, 0.1) is 0 Å². The smallest absolute Gasteiger partial charge is 0.211 e. The first-order valence-corrected chi connectivity index (χ1v) is 3.27. The highest BCUT2D eigenvalue weighted by Gasteiger charge is 2.02. The summed E-state index contributed by atoms with van der Waals surface area (Å²) in [6.07, 6.45) is 7.46. The SMILES string of the molecule is O=CNC1=CC=CCC=C1F. The summed E-state index contributed by atoms with van der Waals surface area (Å²) in [4.78, 5) is 9.96. The highest BCUT2D eigenvalue weighted by atomic mass is 19.1. The highest BCUT2D eigenvalue weighted by molar-refractivity contribution is 5.53. The lowest BCUT2D eigenvalue weighted by Crippen LogP contribution is -2.10. The van der Waals surface area contributed by atoms with Crippen molar-refractivity contribution in [2.75, 3.05) is 0 Å². The Morgan fingerprint density at radius 3 is 3.18 bits per heavy atom. The molecule has 0 atom stereocenters. The third-order valence-corrected chi connectivity index (χ3v) is 1.30. The van der Waals surface area contributed by atoms with Crippen LogP contribution < -0.4 is 5.32 Å². The van der Waals surface area contributed by atoms with Gasteiger partial charge in [0.05, 0.1) is 5.70 Å². The maximum absolute atomic E-state index is 12.8. The van der Waals surface area contributed by atoms with E-state index in [2.05, 4.69) is 5.32 Å². The second-order valence-corrected chi connectivity index (χ2v) is 2.06. The van der Waals surface area contributed by atoms with Crippen molar-refractivity contribution in [2.45, 2.75) is 6.42 Å². The van der Waals surface area contributed by atoms with Gasteiger partial charge in [0.2, 0.25) is 6.41 Å². The molecule has 3 heteroatoms. The quantitative estimate of drug-likeness (QED) is 0.597. The Hall–Kier alpha value is -1.38. The maximum Gasteiger partial charge on any atom is 0.211 e. The molecule has 11 heavy (non-hydrogen) atoms. The molecule has 0 saturated heterocycles. The maximum atomic E-state index is 12.8. The molecule has 0 aliphatic heterocycles. The molecule has 0 aromatic heterocycles. The Bertz CT molecular complexity index is 240. The largest absolute Gasteiger partial charge is 0.326 e. The number of carbonyl (C=O) groups excluding carboxylic acids is 1. The number of rotatable bonds is 2. The Balaban J connectivity index is 2.79. The molecule has 0 radical (unpaired) electrons. The average molecular weight is 153 g/mol. The highest BCUT2D eigenvalue weighted by Crippen LogP contribution is 2.12. The van der Waals surface area contributed by atoms with Crippen LogP contribution in [0.15, 0.2) is 35.8 Å². The number of halogens is 1. The van der Waals surface area contributed by atoms with Gasteiger partial charge in [0.1, 0.15) is 5.83 Å². The number of hydrogen-bond acceptors (Lipinski definition) is 1. The summed E-state index contributed by atoms with van der Waals surface area (Å²) in [7, 11) is 0. The van der Waals surface area contributed by atoms with Gasteiger partial charge in [-0.2, -0.15) is 0 Å². The second kappa shape index (κ2) is 3.71. The van der Waals surface area contributed by atoms with Crippen molar-refractivity contribution in [3.63, 3.8) is 0 Å². The van der Waals surface area contributed by atoms with Gasteiger partial charge >= 0.3 is 0 Å². The van der Waals surface area contributed by atoms with Crippen LogP contribution in [-0.4, -0.2) is 6.41 Å². The van der Waals surface area contributed by atoms with E-state index < -0.39 is 0 Å². The van der Waals surface area contributed by atoms with Gasteiger partial charge in [0, 0.05) is 0 Å². The summed E-state index contributed by atoms with van der Waals surface area (Å²) in [6, 6.07) is 0. The van der Waals surface area contributed by atoms with Crippen LogP contribution in [0.2, 0.25) is 0 Å². The Kier molecular flexibility index (Phi) is 2.60. The van der Waals surface area contributed by atoms with E-state index in [0.717, 1.165) is 0 Å². The molecule has 1 rings (SSSR count). The van der Waals surface area contributed by atoms with Crippen molar-refractivity contribution in [3.05, 3.63) is 35.8 Å². The Labute approximate surface area is 64.1 Å². The van der Waals surface area contributed by atoms with Crippen LogP contribution in [0.1, 0.15) is 6.42 Å². The topological polar surface area (TPSA) is 29.1 Å². The van der Waals surface area contributed by atoms with Gasteiger partial charge < -0.3 is 5.32 Å². The molecule has 58 valence electrons. The van der Waals surface area contributed by atoms with E-state index in [1.807, 2.05) is 0 Å². The zero-order chi connectivity index (χ0) is 8.10. The minimum Gasteiger partial charge on any atom is -0.326 e. The lowest BCUT2D eigenvalue weighted by molar-refractivity contribution is -0.108. The van der Waals surface area contributed by atoms with E-state index >= 15 is 0 Å². The van der Waals surface area contributed by atoms with Crippen molar-refractivity contribution in [3.8, 4) is 0 Å². The van der Waals surface area contributed by atoms with Gasteiger partial charge in [-0.1, -0.05) is 12.2 Å². The van der Waals surface area contributed by atoms with Crippen molar-refractivity contribution in [2.24, 2.45) is 0 Å². The lowest BCUT2D eigenvalue weighted by Gasteiger charge is -1.98. The van der Waals surface area contributed by atoms with Crippen LogP contribution in [0.3, 0.4) is 0 Å². The third-order valence-electron chi connectivity index (χ3n) is 1.30. The molecule has 0 bridgehead atoms. The number of amides is 1. The van der Waals surface area contributed by atoms with Gasteiger partial charge in [-0.25, -0.2) is 4.39 Å². The van der Waals surface area contributed by atoms with E-state index in [1.165, 1.54) is 12.2 Å². The van der Waals surface area contributed by atoms with E-state index in [9.17, 15) is 9.18 Å². The van der Waals surface area contributed by atoms with Crippen LogP contribution >= 0.6 is 0 Å². The fraction of sp³-hybridized carbons (Fsp3) is 0.125. The van der Waals surface area contributed by atoms with Crippen LogP contribution in [0.25, 0.3) is 0 Å². The van der Waals surface area contributed by atoms with Gasteiger partial charge in [0.25, 0.3) is 0 Å². The molecule has 0 fully saturated rings. The van der Waals surface area contributed by atoms with Crippen molar-refractivity contribution in [1.29, 1.82) is 0 Å².